The van der Waals surface area contributed by atoms with E-state index in [4.69, 9.17) is 6.57 Å². The zero-order valence-electron chi connectivity index (χ0n) is 9.98. The Kier molecular flexibility index (Phi) is 7.63. The highest BCUT2D eigenvalue weighted by Gasteiger charge is 2.16. The number of alkyl carbamates (subject to hydrolysis) is 1. The molecule has 9 nitrogen and oxygen atoms in total. The summed E-state index contributed by atoms with van der Waals surface area (Å²) in [5.74, 6) is -0.949. The molecule has 0 aromatic rings. The second-order valence-corrected chi connectivity index (χ2v) is 2.94. The molecule has 1 unspecified atom stereocenters. The minimum atomic E-state index is -1.29. The molecule has 1 atom stereocenters. The average Bonchev–Trinajstić information content (AvgIpc) is 2.27. The molecule has 3 N–H and O–H groups in total. The Morgan fingerprint density at radius 1 is 1.33 bits per heavy atom. The van der Waals surface area contributed by atoms with Crippen molar-refractivity contribution in [3.05, 3.63) is 11.4 Å². The van der Waals surface area contributed by atoms with Gasteiger partial charge in [0.05, 0.1) is 6.67 Å². The van der Waals surface area contributed by atoms with E-state index in [2.05, 4.69) is 30.3 Å². The molecule has 0 rings (SSSR count). The van der Waals surface area contributed by atoms with E-state index in [0.29, 0.717) is 0 Å². The van der Waals surface area contributed by atoms with Gasteiger partial charge in [-0.3, -0.25) is 14.9 Å². The second kappa shape index (κ2) is 8.77. The Bertz CT molecular complexity index is 351. The average molecular weight is 258 g/mol. The lowest BCUT2D eigenvalue weighted by molar-refractivity contribution is -0.138. The van der Waals surface area contributed by atoms with Crippen LogP contribution in [0.5, 0.6) is 0 Å². The molecule has 0 aliphatic carbocycles. The summed E-state index contributed by atoms with van der Waals surface area (Å²) in [5, 5.41) is 6.66. The Labute approximate surface area is 104 Å². The molecule has 0 aromatic carbocycles. The molecule has 0 aromatic heterocycles. The summed E-state index contributed by atoms with van der Waals surface area (Å²) in [6, 6.07) is 0. The number of hydrogen-bond donors (Lipinski definition) is 3. The monoisotopic (exact) mass is 258 g/mol. The minimum Gasteiger partial charge on any atom is -0.400 e. The highest BCUT2D eigenvalue weighted by Crippen LogP contribution is 1.89. The lowest BCUT2D eigenvalue weighted by atomic mass is 10.6. The van der Waals surface area contributed by atoms with Gasteiger partial charge in [-0.1, -0.05) is 0 Å². The van der Waals surface area contributed by atoms with Gasteiger partial charge < -0.3 is 25.0 Å². The number of ether oxygens (including phenoxy) is 2. The van der Waals surface area contributed by atoms with Gasteiger partial charge in [-0.2, -0.15) is 0 Å². The van der Waals surface area contributed by atoms with Crippen molar-refractivity contribution in [2.75, 3.05) is 20.3 Å². The SMILES string of the molecule is [C-]#[N+]CC(=O)NC(OC)OC(=O)NCNC(C)=O. The van der Waals surface area contributed by atoms with Gasteiger partial charge in [0.1, 0.15) is 0 Å². The first kappa shape index (κ1) is 15.7. The fraction of sp³-hybridized carbons (Fsp3) is 0.556. The van der Waals surface area contributed by atoms with Gasteiger partial charge in [0.2, 0.25) is 5.91 Å². The number of carbonyl (C=O) groups is 3. The number of nitrogens with zero attached hydrogens (tertiary/aromatic N) is 1. The Morgan fingerprint density at radius 2 is 2.00 bits per heavy atom. The number of nitrogens with one attached hydrogen (secondary N) is 3. The third-order valence-electron chi connectivity index (χ3n) is 1.50. The van der Waals surface area contributed by atoms with Gasteiger partial charge in [0.15, 0.2) is 0 Å². The molecule has 0 heterocycles. The first-order chi connectivity index (χ1) is 8.49. The summed E-state index contributed by atoms with van der Waals surface area (Å²) in [6.07, 6.45) is -2.18. The van der Waals surface area contributed by atoms with Gasteiger partial charge in [-0.15, -0.1) is 0 Å². The number of methoxy groups -OCH3 is 1. The van der Waals surface area contributed by atoms with Crippen LogP contribution in [0.4, 0.5) is 4.79 Å². The molecule has 0 radical (unpaired) electrons. The zero-order valence-corrected chi connectivity index (χ0v) is 9.98. The molecule has 0 aliphatic heterocycles. The lowest BCUT2D eigenvalue weighted by Gasteiger charge is -2.16. The van der Waals surface area contributed by atoms with Crippen molar-refractivity contribution in [3.8, 4) is 0 Å². The molecule has 0 saturated heterocycles. The minimum absolute atomic E-state index is 0.111. The van der Waals surface area contributed by atoms with E-state index in [1.807, 2.05) is 0 Å². The molecular weight excluding hydrogens is 244 g/mol. The summed E-state index contributed by atoms with van der Waals surface area (Å²) in [6.45, 7) is 7.25. The highest BCUT2D eigenvalue weighted by molar-refractivity contribution is 5.79. The Morgan fingerprint density at radius 3 is 2.50 bits per heavy atom. The van der Waals surface area contributed by atoms with Gasteiger partial charge in [0.25, 0.3) is 13.0 Å². The van der Waals surface area contributed by atoms with E-state index >= 15 is 0 Å². The Balaban J connectivity index is 3.97. The number of hydrogen-bond acceptors (Lipinski definition) is 5. The largest absolute Gasteiger partial charge is 0.412 e. The topological polar surface area (TPSA) is 110 Å². The number of amides is 3. The van der Waals surface area contributed by atoms with Crippen molar-refractivity contribution < 1.29 is 23.9 Å². The predicted molar refractivity (Wildman–Crippen MR) is 58.7 cm³/mol. The highest BCUT2D eigenvalue weighted by atomic mass is 16.7. The first-order valence-electron chi connectivity index (χ1n) is 4.84. The molecule has 0 aliphatic rings. The summed E-state index contributed by atoms with van der Waals surface area (Å²) >= 11 is 0. The van der Waals surface area contributed by atoms with E-state index in [1.165, 1.54) is 14.0 Å². The van der Waals surface area contributed by atoms with Crippen LogP contribution >= 0.6 is 0 Å². The van der Waals surface area contributed by atoms with E-state index in [0.717, 1.165) is 0 Å². The normalized spacial score (nSPS) is 10.7. The van der Waals surface area contributed by atoms with Crippen LogP contribution in [0.3, 0.4) is 0 Å². The summed E-state index contributed by atoms with van der Waals surface area (Å²) in [7, 11) is 1.21. The third-order valence-corrected chi connectivity index (χ3v) is 1.50. The molecule has 0 saturated carbocycles. The molecule has 0 bridgehead atoms. The summed E-state index contributed by atoms with van der Waals surface area (Å²) < 4.78 is 9.30. The number of rotatable bonds is 6. The van der Waals surface area contributed by atoms with Crippen LogP contribution in [0.2, 0.25) is 0 Å². The van der Waals surface area contributed by atoms with Crippen molar-refractivity contribution in [1.29, 1.82) is 0 Å². The molecule has 0 spiro atoms. The molecule has 9 heteroatoms. The number of carbonyl (C=O) groups excluding carboxylic acids is 3. The van der Waals surface area contributed by atoms with Crippen LogP contribution < -0.4 is 16.0 Å². The molecule has 18 heavy (non-hydrogen) atoms. The van der Waals surface area contributed by atoms with Crippen LogP contribution in [0.15, 0.2) is 0 Å². The van der Waals surface area contributed by atoms with Crippen molar-refractivity contribution in [1.82, 2.24) is 16.0 Å². The van der Waals surface area contributed by atoms with Crippen LogP contribution in [-0.2, 0) is 19.1 Å². The van der Waals surface area contributed by atoms with Crippen molar-refractivity contribution in [2.24, 2.45) is 0 Å². The summed E-state index contributed by atoms with van der Waals surface area (Å²) in [4.78, 5) is 35.5. The molecular formula is C9H14N4O5. The molecule has 0 fully saturated rings. The zero-order chi connectivity index (χ0) is 14.0. The van der Waals surface area contributed by atoms with E-state index in [-0.39, 0.29) is 12.6 Å². The van der Waals surface area contributed by atoms with E-state index in [1.54, 1.807) is 0 Å². The maximum absolute atomic E-state index is 11.2. The fourth-order valence-corrected chi connectivity index (χ4v) is 0.765. The summed E-state index contributed by atoms with van der Waals surface area (Å²) in [5.41, 5.74) is 0. The maximum atomic E-state index is 11.2. The van der Waals surface area contributed by atoms with Crippen LogP contribution in [-0.4, -0.2) is 44.6 Å². The van der Waals surface area contributed by atoms with E-state index in [9.17, 15) is 14.4 Å². The van der Waals surface area contributed by atoms with Crippen molar-refractivity contribution in [2.45, 2.75) is 13.3 Å². The van der Waals surface area contributed by atoms with Gasteiger partial charge in [-0.25, -0.2) is 11.4 Å². The second-order valence-electron chi connectivity index (χ2n) is 2.94. The first-order valence-corrected chi connectivity index (χ1v) is 4.84. The molecule has 100 valence electrons. The van der Waals surface area contributed by atoms with Gasteiger partial charge in [-0.05, 0) is 0 Å². The molecule has 3 amide bonds. The van der Waals surface area contributed by atoms with Crippen molar-refractivity contribution in [3.63, 3.8) is 0 Å². The van der Waals surface area contributed by atoms with E-state index < -0.39 is 25.0 Å². The third kappa shape index (κ3) is 7.89. The predicted octanol–water partition coefficient (Wildman–Crippen LogP) is -1.23. The van der Waals surface area contributed by atoms with Crippen LogP contribution in [0, 0.1) is 6.57 Å². The van der Waals surface area contributed by atoms with Crippen molar-refractivity contribution >= 4 is 17.9 Å². The van der Waals surface area contributed by atoms with Crippen LogP contribution in [0.25, 0.3) is 4.85 Å². The smallest absolute Gasteiger partial charge is 0.400 e. The fourth-order valence-electron chi connectivity index (χ4n) is 0.765. The lowest BCUT2D eigenvalue weighted by Crippen LogP contribution is -2.44. The maximum Gasteiger partial charge on any atom is 0.412 e. The van der Waals surface area contributed by atoms with Gasteiger partial charge in [0, 0.05) is 14.0 Å². The standard InChI is InChI=1S/C9H14N4O5/c1-6(14)11-5-12-8(16)18-9(17-3)13-7(15)4-10-2/h9H,4-5H2,1,3H3,(H,11,14)(H,12,16)(H,13,15). The van der Waals surface area contributed by atoms with Crippen LogP contribution in [0.1, 0.15) is 6.92 Å². The quantitative estimate of drug-likeness (QED) is 0.408. The Hall–Kier alpha value is -2.34. The van der Waals surface area contributed by atoms with Gasteiger partial charge >= 0.3 is 12.0 Å².